The Morgan fingerprint density at radius 1 is 1.71 bits per heavy atom. The molecule has 0 N–H and O–H groups in total. The van der Waals surface area contributed by atoms with Crippen molar-refractivity contribution >= 4 is 0 Å². The Morgan fingerprint density at radius 3 is 2.86 bits per heavy atom. The Kier molecular flexibility index (Phi) is 1.45. The molecule has 1 heteroatoms. The average molecular weight is 99.1 g/mol. The monoisotopic (exact) mass is 99.1 g/mol. The molecule has 0 aromatic heterocycles. The Morgan fingerprint density at radius 2 is 2.57 bits per heavy atom. The molecule has 0 amide bonds. The molecule has 0 heterocycles. The first-order valence-corrected chi connectivity index (χ1v) is 2.59. The molecule has 1 radical (unpaired) electrons. The van der Waals surface area contributed by atoms with Gasteiger partial charge in [-0.2, -0.15) is 0 Å². The molecule has 1 atom stereocenters. The van der Waals surface area contributed by atoms with Crippen molar-refractivity contribution in [2.75, 3.05) is 0 Å². The number of alkyl halides is 1. The molecule has 0 aromatic carbocycles. The van der Waals surface area contributed by atoms with Crippen LogP contribution >= 0.6 is 0 Å². The Bertz CT molecular complexity index is 76.2. The highest BCUT2D eigenvalue weighted by Crippen LogP contribution is 2.12. The van der Waals surface area contributed by atoms with E-state index in [4.69, 9.17) is 0 Å². The van der Waals surface area contributed by atoms with Crippen LogP contribution in [0.25, 0.3) is 0 Å². The van der Waals surface area contributed by atoms with Gasteiger partial charge in [0.1, 0.15) is 6.17 Å². The third-order valence-corrected chi connectivity index (χ3v) is 1.12. The number of halogens is 1. The Hall–Kier alpha value is -0.330. The molecular formula is C6H8F. The third kappa shape index (κ3) is 1.30. The van der Waals surface area contributed by atoms with Gasteiger partial charge in [0.05, 0.1) is 0 Å². The van der Waals surface area contributed by atoms with Gasteiger partial charge in [0.25, 0.3) is 0 Å². The summed E-state index contributed by atoms with van der Waals surface area (Å²) in [6.45, 7) is 0. The van der Waals surface area contributed by atoms with Crippen LogP contribution in [0.4, 0.5) is 4.39 Å². The number of allylic oxidation sites excluding steroid dienone is 2. The van der Waals surface area contributed by atoms with Crippen molar-refractivity contribution in [3.05, 3.63) is 12.2 Å². The molecule has 0 saturated carbocycles. The molecule has 0 aliphatic heterocycles. The lowest BCUT2D eigenvalue weighted by Gasteiger charge is -2.05. The molecule has 1 unspecified atom stereocenters. The molecule has 7 heavy (non-hydrogen) atoms. The molecule has 0 bridgehead atoms. The highest BCUT2D eigenvalue weighted by molar-refractivity contribution is 4.83. The van der Waals surface area contributed by atoms with Crippen LogP contribution in [-0.4, -0.2) is 6.17 Å². The SMILES string of the molecule is FC1CC=[C]CC1. The van der Waals surface area contributed by atoms with Crippen molar-refractivity contribution in [3.8, 4) is 0 Å². The van der Waals surface area contributed by atoms with Gasteiger partial charge >= 0.3 is 0 Å². The second-order valence-electron chi connectivity index (χ2n) is 1.78. The maximum absolute atomic E-state index is 12.1. The van der Waals surface area contributed by atoms with E-state index in [2.05, 4.69) is 6.08 Å². The van der Waals surface area contributed by atoms with Crippen molar-refractivity contribution in [1.82, 2.24) is 0 Å². The second-order valence-corrected chi connectivity index (χ2v) is 1.78. The van der Waals surface area contributed by atoms with E-state index in [1.165, 1.54) is 0 Å². The molecule has 1 rings (SSSR count). The highest BCUT2D eigenvalue weighted by Gasteiger charge is 2.05. The topological polar surface area (TPSA) is 0 Å². The van der Waals surface area contributed by atoms with E-state index >= 15 is 0 Å². The van der Waals surface area contributed by atoms with Gasteiger partial charge in [-0.15, -0.1) is 0 Å². The van der Waals surface area contributed by atoms with Gasteiger partial charge in [0, 0.05) is 0 Å². The van der Waals surface area contributed by atoms with Gasteiger partial charge < -0.3 is 0 Å². The van der Waals surface area contributed by atoms with Crippen LogP contribution in [0.15, 0.2) is 6.08 Å². The number of hydrogen-bond acceptors (Lipinski definition) is 0. The van der Waals surface area contributed by atoms with Gasteiger partial charge in [0.2, 0.25) is 0 Å². The van der Waals surface area contributed by atoms with E-state index in [1.54, 1.807) is 6.08 Å². The quantitative estimate of drug-likeness (QED) is 0.435. The number of rotatable bonds is 0. The molecule has 0 fully saturated rings. The first kappa shape index (κ1) is 4.82. The summed E-state index contributed by atoms with van der Waals surface area (Å²) >= 11 is 0. The van der Waals surface area contributed by atoms with Gasteiger partial charge in [-0.05, 0) is 25.3 Å². The molecule has 0 spiro atoms. The fourth-order valence-corrected chi connectivity index (χ4v) is 0.671. The van der Waals surface area contributed by atoms with Crippen LogP contribution in [0.1, 0.15) is 19.3 Å². The van der Waals surface area contributed by atoms with Crippen LogP contribution < -0.4 is 0 Å². The summed E-state index contributed by atoms with van der Waals surface area (Å²) < 4.78 is 12.1. The van der Waals surface area contributed by atoms with E-state index in [0.29, 0.717) is 12.8 Å². The molecule has 39 valence electrons. The maximum atomic E-state index is 12.1. The summed E-state index contributed by atoms with van der Waals surface area (Å²) in [6, 6.07) is 0. The van der Waals surface area contributed by atoms with Gasteiger partial charge in [-0.1, -0.05) is 6.08 Å². The third-order valence-electron chi connectivity index (χ3n) is 1.12. The Labute approximate surface area is 43.0 Å². The van der Waals surface area contributed by atoms with E-state index in [0.717, 1.165) is 6.42 Å². The molecule has 0 aromatic rings. The van der Waals surface area contributed by atoms with Crippen molar-refractivity contribution in [2.24, 2.45) is 0 Å². The minimum atomic E-state index is -0.582. The van der Waals surface area contributed by atoms with Crippen LogP contribution in [0, 0.1) is 6.08 Å². The number of hydrogen-bond donors (Lipinski definition) is 0. The van der Waals surface area contributed by atoms with Crippen molar-refractivity contribution in [1.29, 1.82) is 0 Å². The zero-order valence-corrected chi connectivity index (χ0v) is 4.15. The normalized spacial score (nSPS) is 30.7. The lowest BCUT2D eigenvalue weighted by molar-refractivity contribution is 0.309. The van der Waals surface area contributed by atoms with Crippen molar-refractivity contribution < 1.29 is 4.39 Å². The zero-order chi connectivity index (χ0) is 5.11. The van der Waals surface area contributed by atoms with Crippen molar-refractivity contribution in [2.45, 2.75) is 25.4 Å². The smallest absolute Gasteiger partial charge is 0.104 e. The van der Waals surface area contributed by atoms with Crippen LogP contribution in [0.2, 0.25) is 0 Å². The van der Waals surface area contributed by atoms with E-state index in [9.17, 15) is 4.39 Å². The highest BCUT2D eigenvalue weighted by atomic mass is 19.1. The molecule has 1 aliphatic rings. The minimum Gasteiger partial charge on any atom is -0.247 e. The summed E-state index contributed by atoms with van der Waals surface area (Å²) in [5.41, 5.74) is 0. The minimum absolute atomic E-state index is 0.582. The Balaban J connectivity index is 2.32. The lowest BCUT2D eigenvalue weighted by Crippen LogP contribution is -2.00. The first-order chi connectivity index (χ1) is 3.39. The largest absolute Gasteiger partial charge is 0.247 e. The van der Waals surface area contributed by atoms with Gasteiger partial charge in [-0.3, -0.25) is 0 Å². The van der Waals surface area contributed by atoms with Crippen LogP contribution in [0.3, 0.4) is 0 Å². The first-order valence-electron chi connectivity index (χ1n) is 2.59. The lowest BCUT2D eigenvalue weighted by atomic mass is 10.1. The van der Waals surface area contributed by atoms with Crippen LogP contribution in [0.5, 0.6) is 0 Å². The average Bonchev–Trinajstić information content (AvgIpc) is 1.69. The summed E-state index contributed by atoms with van der Waals surface area (Å²) in [7, 11) is 0. The predicted molar refractivity (Wildman–Crippen MR) is 26.6 cm³/mol. The standard InChI is InChI=1S/C6H8F/c7-6-4-2-1-3-5-6/h2,6H,3-5H2. The molecule has 0 nitrogen and oxygen atoms in total. The fraction of sp³-hybridized carbons (Fsp3) is 0.667. The molecule has 1 aliphatic carbocycles. The summed E-state index contributed by atoms with van der Waals surface area (Å²) in [6.07, 6.45) is 6.22. The van der Waals surface area contributed by atoms with Crippen molar-refractivity contribution in [3.63, 3.8) is 0 Å². The van der Waals surface area contributed by atoms with Crippen LogP contribution in [-0.2, 0) is 0 Å². The summed E-state index contributed by atoms with van der Waals surface area (Å²) in [5.74, 6) is 0. The van der Waals surface area contributed by atoms with E-state index in [1.807, 2.05) is 0 Å². The van der Waals surface area contributed by atoms with E-state index in [-0.39, 0.29) is 0 Å². The molecular weight excluding hydrogens is 91.1 g/mol. The summed E-state index contributed by atoms with van der Waals surface area (Å²) in [4.78, 5) is 0. The van der Waals surface area contributed by atoms with Gasteiger partial charge in [-0.25, -0.2) is 4.39 Å². The predicted octanol–water partition coefficient (Wildman–Crippen LogP) is 1.87. The maximum Gasteiger partial charge on any atom is 0.104 e. The molecule has 0 saturated heterocycles. The second kappa shape index (κ2) is 2.10. The summed E-state index contributed by atoms with van der Waals surface area (Å²) in [5, 5.41) is 0. The van der Waals surface area contributed by atoms with Gasteiger partial charge in [0.15, 0.2) is 0 Å². The fourth-order valence-electron chi connectivity index (χ4n) is 0.671. The van der Waals surface area contributed by atoms with E-state index < -0.39 is 6.17 Å². The zero-order valence-electron chi connectivity index (χ0n) is 4.15.